The maximum absolute atomic E-state index is 5.13. The Hall–Kier alpha value is -1.48. The molecule has 0 amide bonds. The second-order valence-electron chi connectivity index (χ2n) is 3.49. The van der Waals surface area contributed by atoms with Crippen molar-refractivity contribution in [1.82, 2.24) is 4.98 Å². The third-order valence-corrected chi connectivity index (χ3v) is 3.10. The van der Waals surface area contributed by atoms with Crippen molar-refractivity contribution in [2.75, 3.05) is 14.2 Å². The predicted molar refractivity (Wildman–Crippen MR) is 72.3 cm³/mol. The minimum atomic E-state index is 0.0855. The molecule has 0 bridgehead atoms. The predicted octanol–water partition coefficient (Wildman–Crippen LogP) is 2.55. The van der Waals surface area contributed by atoms with Crippen LogP contribution in [0, 0.1) is 0 Å². The van der Waals surface area contributed by atoms with Gasteiger partial charge >= 0.3 is 0 Å². The van der Waals surface area contributed by atoms with Crippen LogP contribution < -0.4 is 10.2 Å². The highest BCUT2D eigenvalue weighted by atomic mass is 31.1. The highest BCUT2D eigenvalue weighted by molar-refractivity contribution is 7.41. The van der Waals surface area contributed by atoms with Crippen LogP contribution in [0.15, 0.2) is 42.5 Å². The number of rotatable bonds is 5. The van der Waals surface area contributed by atoms with Crippen molar-refractivity contribution < 1.29 is 14.3 Å². The lowest BCUT2D eigenvalue weighted by molar-refractivity contribution is -0.164. The Bertz CT molecular complexity index is 502. The third kappa shape index (κ3) is 3.26. The topological polar surface area (TPSA) is 40.6 Å². The first-order valence-electron chi connectivity index (χ1n) is 5.40. The van der Waals surface area contributed by atoms with Gasteiger partial charge in [-0.15, -0.1) is 0 Å². The van der Waals surface area contributed by atoms with E-state index in [1.165, 1.54) is 7.11 Å². The normalized spacial score (nSPS) is 11.0. The summed E-state index contributed by atoms with van der Waals surface area (Å²) in [6.45, 7) is 0. The summed E-state index contributed by atoms with van der Waals surface area (Å²) in [6.07, 6.45) is 0. The Morgan fingerprint density at radius 1 is 1.00 bits per heavy atom. The van der Waals surface area contributed by atoms with Crippen molar-refractivity contribution in [3.8, 4) is 17.0 Å². The van der Waals surface area contributed by atoms with E-state index < -0.39 is 0 Å². The molecule has 1 atom stereocenters. The lowest BCUT2D eigenvalue weighted by atomic mass is 10.1. The molecule has 1 aromatic heterocycles. The van der Waals surface area contributed by atoms with Crippen LogP contribution >= 0.6 is 8.81 Å². The monoisotopic (exact) mass is 263 g/mol. The van der Waals surface area contributed by atoms with Crippen LogP contribution in [0.25, 0.3) is 11.3 Å². The molecule has 0 aliphatic carbocycles. The molecule has 0 fully saturated rings. The second kappa shape index (κ2) is 6.45. The molecule has 1 aromatic carbocycles. The molecule has 1 heterocycles. The average Bonchev–Trinajstić information content (AvgIpc) is 2.45. The Morgan fingerprint density at radius 3 is 2.44 bits per heavy atom. The first-order valence-corrected chi connectivity index (χ1v) is 6.31. The van der Waals surface area contributed by atoms with Crippen molar-refractivity contribution in [3.05, 3.63) is 42.5 Å². The fourth-order valence-electron chi connectivity index (χ4n) is 1.50. The smallest absolute Gasteiger partial charge is 0.118 e. The summed E-state index contributed by atoms with van der Waals surface area (Å²) in [5.74, 6) is 0.833. The number of nitrogens with zero attached hydrogens (tertiary/aromatic N) is 1. The number of pyridine rings is 1. The zero-order valence-corrected chi connectivity index (χ0v) is 11.2. The molecule has 94 valence electrons. The van der Waals surface area contributed by atoms with Crippen LogP contribution in [0.3, 0.4) is 0 Å². The van der Waals surface area contributed by atoms with Gasteiger partial charge in [0, 0.05) is 5.56 Å². The highest BCUT2D eigenvalue weighted by Crippen LogP contribution is 2.21. The van der Waals surface area contributed by atoms with Crippen LogP contribution in [0.1, 0.15) is 0 Å². The van der Waals surface area contributed by atoms with Gasteiger partial charge in [0.2, 0.25) is 0 Å². The summed E-state index contributed by atoms with van der Waals surface area (Å²) in [5.41, 5.74) is 2.80. The van der Waals surface area contributed by atoms with Crippen LogP contribution in [-0.4, -0.2) is 19.2 Å². The second-order valence-corrected chi connectivity index (χ2v) is 4.37. The summed E-state index contributed by atoms with van der Waals surface area (Å²) in [5, 5.41) is 0. The van der Waals surface area contributed by atoms with Crippen LogP contribution in [0.4, 0.5) is 0 Å². The quantitative estimate of drug-likeness (QED) is 0.472. The molecule has 0 N–H and O–H groups in total. The fraction of sp³-hybridized carbons (Fsp3) is 0.154. The van der Waals surface area contributed by atoms with Crippen molar-refractivity contribution >= 4 is 14.2 Å². The number of aromatic nitrogens is 1. The van der Waals surface area contributed by atoms with Gasteiger partial charge in [0.15, 0.2) is 0 Å². The van der Waals surface area contributed by atoms with Gasteiger partial charge in [-0.25, -0.2) is 14.5 Å². The minimum Gasteiger partial charge on any atom is -0.497 e. The van der Waals surface area contributed by atoms with Crippen molar-refractivity contribution in [3.63, 3.8) is 0 Å². The van der Waals surface area contributed by atoms with E-state index in [1.807, 2.05) is 42.5 Å². The van der Waals surface area contributed by atoms with Crippen LogP contribution in [0.5, 0.6) is 5.75 Å². The van der Waals surface area contributed by atoms with E-state index in [-0.39, 0.29) is 8.81 Å². The van der Waals surface area contributed by atoms with Crippen molar-refractivity contribution in [2.45, 2.75) is 0 Å². The van der Waals surface area contributed by atoms with Crippen LogP contribution in [-0.2, 0) is 9.56 Å². The standard InChI is InChI=1S/C13H14NO3P/c1-15-11-8-6-10(7-9-11)12-4-3-5-13(14-12)18-17-16-2/h3-9,18H,1-2H3. The number of methoxy groups -OCH3 is 1. The number of ether oxygens (including phenoxy) is 1. The van der Waals surface area contributed by atoms with Crippen molar-refractivity contribution in [1.29, 1.82) is 0 Å². The van der Waals surface area contributed by atoms with Gasteiger partial charge < -0.3 is 4.74 Å². The van der Waals surface area contributed by atoms with Gasteiger partial charge in [-0.3, -0.25) is 0 Å². The summed E-state index contributed by atoms with van der Waals surface area (Å²) in [7, 11) is 3.22. The molecule has 0 saturated heterocycles. The van der Waals surface area contributed by atoms with E-state index in [4.69, 9.17) is 9.41 Å². The SMILES string of the molecule is COOPc1cccc(-c2ccc(OC)cc2)n1. The summed E-state index contributed by atoms with van der Waals surface area (Å²) >= 11 is 0. The Kier molecular flexibility index (Phi) is 4.65. The zero-order chi connectivity index (χ0) is 12.8. The van der Waals surface area contributed by atoms with Crippen molar-refractivity contribution in [2.24, 2.45) is 0 Å². The lowest BCUT2D eigenvalue weighted by Crippen LogP contribution is -2.02. The summed E-state index contributed by atoms with van der Waals surface area (Å²) in [4.78, 5) is 9.08. The van der Waals surface area contributed by atoms with E-state index in [9.17, 15) is 0 Å². The molecule has 0 saturated carbocycles. The van der Waals surface area contributed by atoms with E-state index >= 15 is 0 Å². The minimum absolute atomic E-state index is 0.0855. The summed E-state index contributed by atoms with van der Waals surface area (Å²) < 4.78 is 10.0. The third-order valence-electron chi connectivity index (χ3n) is 2.36. The molecule has 5 heteroatoms. The van der Waals surface area contributed by atoms with Gasteiger partial charge in [-0.05, 0) is 36.4 Å². The highest BCUT2D eigenvalue weighted by Gasteiger charge is 2.02. The maximum Gasteiger partial charge on any atom is 0.118 e. The molecule has 0 aliphatic rings. The number of hydrogen-bond donors (Lipinski definition) is 0. The van der Waals surface area contributed by atoms with Gasteiger partial charge in [-0.2, -0.15) is 0 Å². The Balaban J connectivity index is 2.20. The molecule has 0 aliphatic heterocycles. The van der Waals surface area contributed by atoms with Crippen LogP contribution in [0.2, 0.25) is 0 Å². The fourth-order valence-corrected chi connectivity index (χ4v) is 2.00. The van der Waals surface area contributed by atoms with E-state index in [2.05, 4.69) is 9.87 Å². The molecule has 18 heavy (non-hydrogen) atoms. The molecule has 2 rings (SSSR count). The Morgan fingerprint density at radius 2 is 1.78 bits per heavy atom. The Labute approximate surface area is 108 Å². The largest absolute Gasteiger partial charge is 0.497 e. The lowest BCUT2D eigenvalue weighted by Gasteiger charge is -2.05. The van der Waals surface area contributed by atoms with E-state index in [1.54, 1.807) is 7.11 Å². The zero-order valence-electron chi connectivity index (χ0n) is 10.2. The number of benzene rings is 1. The molecule has 0 spiro atoms. The van der Waals surface area contributed by atoms with Gasteiger partial charge in [0.25, 0.3) is 0 Å². The van der Waals surface area contributed by atoms with E-state index in [0.29, 0.717) is 0 Å². The van der Waals surface area contributed by atoms with Gasteiger partial charge in [0.05, 0.1) is 25.3 Å². The molecule has 2 aromatic rings. The maximum atomic E-state index is 5.13. The number of hydrogen-bond acceptors (Lipinski definition) is 4. The first-order chi connectivity index (χ1) is 8.83. The molecule has 0 radical (unpaired) electrons. The molecular weight excluding hydrogens is 249 g/mol. The van der Waals surface area contributed by atoms with Gasteiger partial charge in [0.1, 0.15) is 14.6 Å². The summed E-state index contributed by atoms with van der Waals surface area (Å²) in [6, 6.07) is 13.6. The van der Waals surface area contributed by atoms with Gasteiger partial charge in [-0.1, -0.05) is 6.07 Å². The first kappa shape index (κ1) is 13.0. The van der Waals surface area contributed by atoms with E-state index in [0.717, 1.165) is 22.4 Å². The average molecular weight is 263 g/mol. The molecular formula is C13H14NO3P. The molecule has 4 nitrogen and oxygen atoms in total. The molecule has 1 unspecified atom stereocenters.